The number of carboxylic acids is 1. The molecule has 0 aliphatic heterocycles. The van der Waals surface area contributed by atoms with Crippen LogP contribution in [-0.2, 0) is 4.79 Å². The number of aliphatic carboxylic acids is 1. The lowest BCUT2D eigenvalue weighted by molar-refractivity contribution is -0.137. The van der Waals surface area contributed by atoms with Gasteiger partial charge in [-0.05, 0) is 49.9 Å². The Morgan fingerprint density at radius 2 is 1.80 bits per heavy atom. The monoisotopic (exact) mass is 278 g/mol. The Kier molecular flexibility index (Phi) is 6.22. The summed E-state index contributed by atoms with van der Waals surface area (Å²) in [5, 5.41) is 8.61. The number of ketones is 1. The quantitative estimate of drug-likeness (QED) is 0.739. The van der Waals surface area contributed by atoms with Crippen LogP contribution < -0.4 is 4.74 Å². The van der Waals surface area contributed by atoms with Crippen LogP contribution in [0.5, 0.6) is 5.75 Å². The van der Waals surface area contributed by atoms with Gasteiger partial charge in [0.2, 0.25) is 0 Å². The minimum atomic E-state index is -0.875. The number of carbonyl (C=O) groups is 2. The molecule has 0 saturated heterocycles. The lowest BCUT2D eigenvalue weighted by Gasteiger charge is -2.13. The smallest absolute Gasteiger partial charge is 0.303 e. The number of ether oxygens (including phenoxy) is 1. The second-order valence-corrected chi connectivity index (χ2v) is 4.95. The molecule has 0 amide bonds. The third-order valence-electron chi connectivity index (χ3n) is 3.15. The SMILES string of the molecule is CCCOc1cc(C)c(C)cc1C(=O)CCCC(=O)O. The Labute approximate surface area is 119 Å². The fourth-order valence-electron chi connectivity index (χ4n) is 1.87. The topological polar surface area (TPSA) is 63.6 Å². The van der Waals surface area contributed by atoms with Gasteiger partial charge < -0.3 is 9.84 Å². The first-order chi connectivity index (χ1) is 9.45. The first-order valence-electron chi connectivity index (χ1n) is 6.94. The number of rotatable bonds is 8. The maximum absolute atomic E-state index is 12.2. The largest absolute Gasteiger partial charge is 0.493 e. The number of benzene rings is 1. The summed E-state index contributed by atoms with van der Waals surface area (Å²) in [5.41, 5.74) is 2.68. The Bertz CT molecular complexity index is 491. The maximum Gasteiger partial charge on any atom is 0.303 e. The Morgan fingerprint density at radius 1 is 1.15 bits per heavy atom. The first kappa shape index (κ1) is 16.2. The van der Waals surface area contributed by atoms with Gasteiger partial charge in [-0.15, -0.1) is 0 Å². The van der Waals surface area contributed by atoms with Crippen LogP contribution in [0.1, 0.15) is 54.1 Å². The summed E-state index contributed by atoms with van der Waals surface area (Å²) < 4.78 is 5.63. The van der Waals surface area contributed by atoms with E-state index in [9.17, 15) is 9.59 Å². The van der Waals surface area contributed by atoms with E-state index in [0.717, 1.165) is 17.5 Å². The van der Waals surface area contributed by atoms with E-state index in [1.165, 1.54) is 0 Å². The molecule has 0 aromatic heterocycles. The maximum atomic E-state index is 12.2. The highest BCUT2D eigenvalue weighted by Crippen LogP contribution is 2.25. The van der Waals surface area contributed by atoms with Crippen LogP contribution in [0.2, 0.25) is 0 Å². The van der Waals surface area contributed by atoms with Gasteiger partial charge in [-0.1, -0.05) is 6.92 Å². The minimum absolute atomic E-state index is 0.0156. The summed E-state index contributed by atoms with van der Waals surface area (Å²) in [7, 11) is 0. The van der Waals surface area contributed by atoms with E-state index < -0.39 is 5.97 Å². The summed E-state index contributed by atoms with van der Waals surface area (Å²) in [5.74, 6) is -0.323. The molecule has 0 heterocycles. The molecule has 0 spiro atoms. The van der Waals surface area contributed by atoms with Gasteiger partial charge in [-0.3, -0.25) is 9.59 Å². The second-order valence-electron chi connectivity index (χ2n) is 4.95. The van der Waals surface area contributed by atoms with E-state index in [4.69, 9.17) is 9.84 Å². The van der Waals surface area contributed by atoms with E-state index in [1.807, 2.05) is 32.9 Å². The molecule has 4 heteroatoms. The number of hydrogen-bond acceptors (Lipinski definition) is 3. The van der Waals surface area contributed by atoms with Crippen molar-refractivity contribution in [1.29, 1.82) is 0 Å². The van der Waals surface area contributed by atoms with E-state index in [0.29, 0.717) is 24.3 Å². The lowest BCUT2D eigenvalue weighted by Crippen LogP contribution is -2.07. The molecule has 1 rings (SSSR count). The molecule has 110 valence electrons. The van der Waals surface area contributed by atoms with Crippen molar-refractivity contribution in [2.75, 3.05) is 6.61 Å². The van der Waals surface area contributed by atoms with Crippen LogP contribution in [0.15, 0.2) is 12.1 Å². The van der Waals surface area contributed by atoms with Crippen LogP contribution >= 0.6 is 0 Å². The molecule has 1 N–H and O–H groups in total. The predicted octanol–water partition coefficient (Wildman–Crippen LogP) is 3.53. The first-order valence-corrected chi connectivity index (χ1v) is 6.94. The molecule has 1 aromatic rings. The van der Waals surface area contributed by atoms with Crippen LogP contribution in [0.3, 0.4) is 0 Å². The normalized spacial score (nSPS) is 10.3. The van der Waals surface area contributed by atoms with E-state index in [2.05, 4.69) is 0 Å². The Morgan fingerprint density at radius 3 is 2.40 bits per heavy atom. The molecule has 0 saturated carbocycles. The third-order valence-corrected chi connectivity index (χ3v) is 3.15. The Hall–Kier alpha value is -1.84. The zero-order valence-electron chi connectivity index (χ0n) is 12.4. The molecule has 0 aliphatic carbocycles. The van der Waals surface area contributed by atoms with E-state index in [-0.39, 0.29) is 18.6 Å². The van der Waals surface area contributed by atoms with Crippen molar-refractivity contribution in [3.63, 3.8) is 0 Å². The molecule has 0 radical (unpaired) electrons. The van der Waals surface area contributed by atoms with Gasteiger partial charge in [-0.25, -0.2) is 0 Å². The molecule has 0 bridgehead atoms. The van der Waals surface area contributed by atoms with Gasteiger partial charge in [0.25, 0.3) is 0 Å². The molecule has 0 atom stereocenters. The van der Waals surface area contributed by atoms with Crippen LogP contribution in [0.25, 0.3) is 0 Å². The lowest BCUT2D eigenvalue weighted by atomic mass is 9.99. The van der Waals surface area contributed by atoms with Gasteiger partial charge in [-0.2, -0.15) is 0 Å². The molecule has 20 heavy (non-hydrogen) atoms. The van der Waals surface area contributed by atoms with E-state index >= 15 is 0 Å². The van der Waals surface area contributed by atoms with Crippen molar-refractivity contribution < 1.29 is 19.4 Å². The van der Waals surface area contributed by atoms with Crippen molar-refractivity contribution in [3.8, 4) is 5.75 Å². The van der Waals surface area contributed by atoms with E-state index in [1.54, 1.807) is 0 Å². The number of aryl methyl sites for hydroxylation is 2. The molecule has 0 aliphatic rings. The predicted molar refractivity (Wildman–Crippen MR) is 77.5 cm³/mol. The number of hydrogen-bond donors (Lipinski definition) is 1. The van der Waals surface area contributed by atoms with Gasteiger partial charge in [0.15, 0.2) is 5.78 Å². The molecular formula is C16H22O4. The molecule has 0 fully saturated rings. The van der Waals surface area contributed by atoms with Crippen LogP contribution in [0.4, 0.5) is 0 Å². The average molecular weight is 278 g/mol. The van der Waals surface area contributed by atoms with Crippen molar-refractivity contribution in [3.05, 3.63) is 28.8 Å². The number of carboxylic acid groups (broad SMARTS) is 1. The van der Waals surface area contributed by atoms with Crippen LogP contribution in [-0.4, -0.2) is 23.5 Å². The van der Waals surface area contributed by atoms with Crippen molar-refractivity contribution >= 4 is 11.8 Å². The fourth-order valence-corrected chi connectivity index (χ4v) is 1.87. The second kappa shape index (κ2) is 7.68. The molecule has 0 unspecified atom stereocenters. The standard InChI is InChI=1S/C16H22O4/c1-4-8-20-15-10-12(3)11(2)9-13(15)14(17)6-5-7-16(18)19/h9-10H,4-8H2,1-3H3,(H,18,19). The fraction of sp³-hybridized carbons (Fsp3) is 0.500. The van der Waals surface area contributed by atoms with Crippen molar-refractivity contribution in [2.45, 2.75) is 46.5 Å². The van der Waals surface area contributed by atoms with Crippen molar-refractivity contribution in [2.24, 2.45) is 0 Å². The zero-order chi connectivity index (χ0) is 15.1. The van der Waals surface area contributed by atoms with Crippen LogP contribution in [0, 0.1) is 13.8 Å². The Balaban J connectivity index is 2.87. The minimum Gasteiger partial charge on any atom is -0.493 e. The summed E-state index contributed by atoms with van der Waals surface area (Å²) in [6.45, 7) is 6.51. The van der Waals surface area contributed by atoms with Gasteiger partial charge >= 0.3 is 5.97 Å². The average Bonchev–Trinajstić information content (AvgIpc) is 2.39. The third kappa shape index (κ3) is 4.68. The highest BCUT2D eigenvalue weighted by Gasteiger charge is 2.14. The number of Topliss-reactive ketones (excluding diaryl/α,β-unsaturated/α-hetero) is 1. The van der Waals surface area contributed by atoms with Gasteiger partial charge in [0, 0.05) is 12.8 Å². The zero-order valence-corrected chi connectivity index (χ0v) is 12.4. The highest BCUT2D eigenvalue weighted by atomic mass is 16.5. The number of carbonyl (C=O) groups excluding carboxylic acids is 1. The highest BCUT2D eigenvalue weighted by molar-refractivity contribution is 5.99. The molecule has 1 aromatic carbocycles. The summed E-state index contributed by atoms with van der Waals surface area (Å²) in [4.78, 5) is 22.7. The summed E-state index contributed by atoms with van der Waals surface area (Å²) in [6, 6.07) is 3.72. The summed E-state index contributed by atoms with van der Waals surface area (Å²) in [6.07, 6.45) is 1.48. The van der Waals surface area contributed by atoms with Gasteiger partial charge in [0.05, 0.1) is 12.2 Å². The van der Waals surface area contributed by atoms with Crippen molar-refractivity contribution in [1.82, 2.24) is 0 Å². The van der Waals surface area contributed by atoms with Gasteiger partial charge in [0.1, 0.15) is 5.75 Å². The summed E-state index contributed by atoms with van der Waals surface area (Å²) >= 11 is 0. The molecular weight excluding hydrogens is 256 g/mol. The molecule has 4 nitrogen and oxygen atoms in total.